The molecule has 1 aliphatic rings. The molecule has 0 aliphatic carbocycles. The monoisotopic (exact) mass is 249 g/mol. The van der Waals surface area contributed by atoms with E-state index < -0.39 is 5.97 Å². The number of benzene rings is 1. The standard InChI is InChI=1S/C14H19NO3/c1-9-7-15(8-12(9)14(17)18)10(2)11-5-3-4-6-13(11)16/h3-6,9-10,12,16H,7-8H2,1-2H3,(H,17,18). The number of phenolic OH excluding ortho intramolecular Hbond substituents is 1. The maximum Gasteiger partial charge on any atom is 0.308 e. The van der Waals surface area contributed by atoms with Crippen molar-refractivity contribution in [1.29, 1.82) is 0 Å². The predicted molar refractivity (Wildman–Crippen MR) is 68.4 cm³/mol. The van der Waals surface area contributed by atoms with Gasteiger partial charge in [-0.3, -0.25) is 9.69 Å². The van der Waals surface area contributed by atoms with Crippen LogP contribution in [-0.4, -0.2) is 34.2 Å². The van der Waals surface area contributed by atoms with Crippen molar-refractivity contribution < 1.29 is 15.0 Å². The minimum absolute atomic E-state index is 0.0398. The number of aliphatic carboxylic acids is 1. The molecule has 4 heteroatoms. The second kappa shape index (κ2) is 4.98. The quantitative estimate of drug-likeness (QED) is 0.861. The van der Waals surface area contributed by atoms with Gasteiger partial charge in [0.15, 0.2) is 0 Å². The molecule has 2 N–H and O–H groups in total. The number of para-hydroxylation sites is 1. The Morgan fingerprint density at radius 2 is 2.06 bits per heavy atom. The zero-order chi connectivity index (χ0) is 13.3. The van der Waals surface area contributed by atoms with Crippen LogP contribution in [-0.2, 0) is 4.79 Å². The van der Waals surface area contributed by atoms with Crippen LogP contribution in [0.4, 0.5) is 0 Å². The Bertz CT molecular complexity index is 446. The Morgan fingerprint density at radius 3 is 2.61 bits per heavy atom. The van der Waals surface area contributed by atoms with Crippen LogP contribution in [0.3, 0.4) is 0 Å². The molecule has 0 amide bonds. The normalized spacial score (nSPS) is 26.1. The number of hydrogen-bond donors (Lipinski definition) is 2. The Balaban J connectivity index is 2.14. The molecule has 1 aromatic rings. The van der Waals surface area contributed by atoms with Crippen LogP contribution in [0, 0.1) is 11.8 Å². The highest BCUT2D eigenvalue weighted by molar-refractivity contribution is 5.71. The lowest BCUT2D eigenvalue weighted by Gasteiger charge is -2.25. The van der Waals surface area contributed by atoms with E-state index in [1.54, 1.807) is 12.1 Å². The maximum atomic E-state index is 11.1. The van der Waals surface area contributed by atoms with Crippen molar-refractivity contribution in [3.05, 3.63) is 29.8 Å². The molecule has 0 saturated carbocycles. The second-order valence-corrected chi connectivity index (χ2v) is 5.11. The number of aromatic hydroxyl groups is 1. The minimum Gasteiger partial charge on any atom is -0.508 e. The number of carbonyl (C=O) groups is 1. The van der Waals surface area contributed by atoms with Crippen LogP contribution < -0.4 is 0 Å². The van der Waals surface area contributed by atoms with Crippen LogP contribution in [0.1, 0.15) is 25.5 Å². The molecule has 1 aromatic carbocycles. The summed E-state index contributed by atoms with van der Waals surface area (Å²) in [5, 5.41) is 19.0. The van der Waals surface area contributed by atoms with Gasteiger partial charge in [0.05, 0.1) is 5.92 Å². The van der Waals surface area contributed by atoms with E-state index >= 15 is 0 Å². The molecule has 3 atom stereocenters. The molecule has 18 heavy (non-hydrogen) atoms. The number of carboxylic acid groups (broad SMARTS) is 1. The fraction of sp³-hybridized carbons (Fsp3) is 0.500. The summed E-state index contributed by atoms with van der Waals surface area (Å²) in [4.78, 5) is 13.2. The van der Waals surface area contributed by atoms with E-state index in [1.807, 2.05) is 26.0 Å². The van der Waals surface area contributed by atoms with Gasteiger partial charge in [-0.15, -0.1) is 0 Å². The van der Waals surface area contributed by atoms with Crippen LogP contribution in [0.15, 0.2) is 24.3 Å². The Hall–Kier alpha value is -1.55. The van der Waals surface area contributed by atoms with Crippen LogP contribution in [0.2, 0.25) is 0 Å². The van der Waals surface area contributed by atoms with Crippen LogP contribution in [0.5, 0.6) is 5.75 Å². The predicted octanol–water partition coefficient (Wildman–Crippen LogP) is 2.11. The molecule has 1 saturated heterocycles. The van der Waals surface area contributed by atoms with Crippen molar-refractivity contribution in [3.8, 4) is 5.75 Å². The van der Waals surface area contributed by atoms with Crippen molar-refractivity contribution in [2.24, 2.45) is 11.8 Å². The number of phenols is 1. The molecule has 4 nitrogen and oxygen atoms in total. The van der Waals surface area contributed by atoms with Crippen molar-refractivity contribution >= 4 is 5.97 Å². The van der Waals surface area contributed by atoms with Crippen molar-refractivity contribution in [2.45, 2.75) is 19.9 Å². The Labute approximate surface area is 107 Å². The highest BCUT2D eigenvalue weighted by Gasteiger charge is 2.37. The third kappa shape index (κ3) is 2.34. The van der Waals surface area contributed by atoms with Gasteiger partial charge in [-0.1, -0.05) is 25.1 Å². The van der Waals surface area contributed by atoms with E-state index in [1.165, 1.54) is 0 Å². The fourth-order valence-corrected chi connectivity index (χ4v) is 2.68. The molecule has 3 unspecified atom stereocenters. The first-order valence-electron chi connectivity index (χ1n) is 6.25. The second-order valence-electron chi connectivity index (χ2n) is 5.11. The van der Waals surface area contributed by atoms with E-state index in [-0.39, 0.29) is 23.6 Å². The van der Waals surface area contributed by atoms with Gasteiger partial charge in [0.25, 0.3) is 0 Å². The lowest BCUT2D eigenvalue weighted by atomic mass is 9.99. The van der Waals surface area contributed by atoms with E-state index in [0.717, 1.165) is 12.1 Å². The highest BCUT2D eigenvalue weighted by atomic mass is 16.4. The third-order valence-corrected chi connectivity index (χ3v) is 3.89. The smallest absolute Gasteiger partial charge is 0.308 e. The molecular weight excluding hydrogens is 230 g/mol. The molecule has 98 valence electrons. The largest absolute Gasteiger partial charge is 0.508 e. The van der Waals surface area contributed by atoms with E-state index in [2.05, 4.69) is 4.90 Å². The Morgan fingerprint density at radius 1 is 1.39 bits per heavy atom. The summed E-state index contributed by atoms with van der Waals surface area (Å²) < 4.78 is 0. The average molecular weight is 249 g/mol. The summed E-state index contributed by atoms with van der Waals surface area (Å²) in [5.41, 5.74) is 0.857. The summed E-state index contributed by atoms with van der Waals surface area (Å²) in [5.74, 6) is -0.611. The van der Waals surface area contributed by atoms with Crippen molar-refractivity contribution in [3.63, 3.8) is 0 Å². The highest BCUT2D eigenvalue weighted by Crippen LogP contribution is 2.34. The lowest BCUT2D eigenvalue weighted by molar-refractivity contribution is -0.142. The number of rotatable bonds is 3. The molecule has 2 rings (SSSR count). The minimum atomic E-state index is -0.727. The number of likely N-dealkylation sites (tertiary alicyclic amines) is 1. The molecule has 0 radical (unpaired) electrons. The molecule has 1 aliphatic heterocycles. The van der Waals surface area contributed by atoms with Crippen molar-refractivity contribution in [1.82, 2.24) is 4.90 Å². The van der Waals surface area contributed by atoms with Crippen LogP contribution in [0.25, 0.3) is 0 Å². The van der Waals surface area contributed by atoms with E-state index in [9.17, 15) is 9.90 Å². The van der Waals surface area contributed by atoms with Gasteiger partial charge in [0.1, 0.15) is 5.75 Å². The van der Waals surface area contributed by atoms with Gasteiger partial charge >= 0.3 is 5.97 Å². The molecule has 0 bridgehead atoms. The first-order chi connectivity index (χ1) is 8.50. The fourth-order valence-electron chi connectivity index (χ4n) is 2.68. The zero-order valence-electron chi connectivity index (χ0n) is 10.7. The van der Waals surface area contributed by atoms with Gasteiger partial charge in [0, 0.05) is 24.7 Å². The number of hydrogen-bond acceptors (Lipinski definition) is 3. The molecule has 1 fully saturated rings. The summed E-state index contributed by atoms with van der Waals surface area (Å²) in [7, 11) is 0. The summed E-state index contributed by atoms with van der Waals surface area (Å²) in [6.07, 6.45) is 0. The maximum absolute atomic E-state index is 11.1. The van der Waals surface area contributed by atoms with Gasteiger partial charge in [-0.2, -0.15) is 0 Å². The zero-order valence-corrected chi connectivity index (χ0v) is 10.7. The van der Waals surface area contributed by atoms with Gasteiger partial charge in [0.2, 0.25) is 0 Å². The summed E-state index contributed by atoms with van der Waals surface area (Å²) in [6, 6.07) is 7.27. The molecule has 1 heterocycles. The number of nitrogens with zero attached hydrogens (tertiary/aromatic N) is 1. The topological polar surface area (TPSA) is 60.8 Å². The van der Waals surface area contributed by atoms with Gasteiger partial charge < -0.3 is 10.2 Å². The average Bonchev–Trinajstić information content (AvgIpc) is 2.71. The van der Waals surface area contributed by atoms with E-state index in [0.29, 0.717) is 6.54 Å². The molecular formula is C14H19NO3. The first kappa shape index (κ1) is 12.9. The third-order valence-electron chi connectivity index (χ3n) is 3.89. The van der Waals surface area contributed by atoms with Crippen molar-refractivity contribution in [2.75, 3.05) is 13.1 Å². The van der Waals surface area contributed by atoms with Gasteiger partial charge in [-0.05, 0) is 18.9 Å². The number of carboxylic acids is 1. The van der Waals surface area contributed by atoms with Crippen LogP contribution >= 0.6 is 0 Å². The first-order valence-corrected chi connectivity index (χ1v) is 6.25. The lowest BCUT2D eigenvalue weighted by Crippen LogP contribution is -2.26. The summed E-state index contributed by atoms with van der Waals surface area (Å²) in [6.45, 7) is 5.28. The van der Waals surface area contributed by atoms with Gasteiger partial charge in [-0.25, -0.2) is 0 Å². The molecule has 0 aromatic heterocycles. The SMILES string of the molecule is CC1CN(C(C)c2ccccc2O)CC1C(=O)O. The summed E-state index contributed by atoms with van der Waals surface area (Å²) >= 11 is 0. The Kier molecular flexibility index (Phi) is 3.57. The molecule has 0 spiro atoms. The van der Waals surface area contributed by atoms with E-state index in [4.69, 9.17) is 5.11 Å².